The quantitative estimate of drug-likeness (QED) is 0.0877. The number of halogens is 3. The van der Waals surface area contributed by atoms with Crippen molar-refractivity contribution in [2.75, 3.05) is 40.6 Å². The summed E-state index contributed by atoms with van der Waals surface area (Å²) in [5, 5.41) is 8.53. The van der Waals surface area contributed by atoms with E-state index in [1.54, 1.807) is 78.7 Å². The van der Waals surface area contributed by atoms with Crippen molar-refractivity contribution >= 4 is 22.6 Å². The van der Waals surface area contributed by atoms with Gasteiger partial charge in [-0.05, 0) is 101 Å². The first kappa shape index (κ1) is 38.2. The van der Waals surface area contributed by atoms with Crippen LogP contribution in [0.25, 0.3) is 11.4 Å². The SMILES string of the molecule is C#Cc1ccccn1.COCCOc1c(C#Cc2ccccn2)cnn1-c1ccc(F)cc1.COCCOc1c(I)cnn1-c1ccc(F)cc1. The molecule has 2 aromatic carbocycles. The van der Waals surface area contributed by atoms with Gasteiger partial charge < -0.3 is 18.9 Å². The van der Waals surface area contributed by atoms with Gasteiger partial charge in [-0.1, -0.05) is 24.0 Å². The summed E-state index contributed by atoms with van der Waals surface area (Å²) in [7, 11) is 3.22. The molecule has 0 fully saturated rings. The van der Waals surface area contributed by atoms with Crippen molar-refractivity contribution in [2.24, 2.45) is 0 Å². The Morgan fingerprint density at radius 1 is 0.647 bits per heavy atom. The van der Waals surface area contributed by atoms with Crippen LogP contribution in [0, 0.1) is 39.4 Å². The van der Waals surface area contributed by atoms with Crippen molar-refractivity contribution in [3.63, 3.8) is 0 Å². The minimum absolute atomic E-state index is 0.276. The normalized spacial score (nSPS) is 9.96. The van der Waals surface area contributed by atoms with Gasteiger partial charge in [0.15, 0.2) is 0 Å². The number of benzene rings is 2. The molecular formula is C38H33F2IN6O4. The summed E-state index contributed by atoms with van der Waals surface area (Å²) in [6.07, 6.45) is 11.7. The van der Waals surface area contributed by atoms with E-state index in [0.29, 0.717) is 60.8 Å². The number of methoxy groups -OCH3 is 2. The molecule has 0 saturated heterocycles. The van der Waals surface area contributed by atoms with Crippen LogP contribution in [0.1, 0.15) is 17.0 Å². The van der Waals surface area contributed by atoms with E-state index in [9.17, 15) is 8.78 Å². The Bertz CT molecular complexity index is 2020. The van der Waals surface area contributed by atoms with E-state index in [0.717, 1.165) is 9.26 Å². The van der Waals surface area contributed by atoms with E-state index in [1.165, 1.54) is 24.3 Å². The third kappa shape index (κ3) is 12.0. The second-order valence-corrected chi connectivity index (χ2v) is 11.1. The summed E-state index contributed by atoms with van der Waals surface area (Å²) >= 11 is 2.14. The molecule has 0 atom stereocenters. The molecule has 6 aromatic rings. The molecule has 6 rings (SSSR count). The molecule has 51 heavy (non-hydrogen) atoms. The zero-order valence-corrected chi connectivity index (χ0v) is 29.9. The van der Waals surface area contributed by atoms with E-state index >= 15 is 0 Å². The van der Waals surface area contributed by atoms with Crippen LogP contribution >= 0.6 is 22.6 Å². The lowest BCUT2D eigenvalue weighted by Crippen LogP contribution is -2.09. The molecule has 0 amide bonds. The largest absolute Gasteiger partial charge is 0.474 e. The third-order valence-electron chi connectivity index (χ3n) is 6.41. The number of rotatable bonds is 10. The number of hydrogen-bond acceptors (Lipinski definition) is 8. The minimum atomic E-state index is -0.312. The van der Waals surface area contributed by atoms with Gasteiger partial charge in [0.2, 0.25) is 11.8 Å². The van der Waals surface area contributed by atoms with Crippen molar-refractivity contribution in [2.45, 2.75) is 0 Å². The Hall–Kier alpha value is -5.61. The van der Waals surface area contributed by atoms with Gasteiger partial charge in [0.1, 0.15) is 41.8 Å². The van der Waals surface area contributed by atoms with Crippen LogP contribution in [-0.2, 0) is 9.47 Å². The summed E-state index contributed by atoms with van der Waals surface area (Å²) in [6.45, 7) is 1.73. The predicted molar refractivity (Wildman–Crippen MR) is 197 cm³/mol. The van der Waals surface area contributed by atoms with Crippen LogP contribution < -0.4 is 9.47 Å². The van der Waals surface area contributed by atoms with Crippen LogP contribution in [0.2, 0.25) is 0 Å². The molecule has 13 heteroatoms. The average molecular weight is 803 g/mol. The lowest BCUT2D eigenvalue weighted by atomic mass is 10.3. The number of hydrogen-bond donors (Lipinski definition) is 0. The molecule has 0 aliphatic heterocycles. The van der Waals surface area contributed by atoms with E-state index in [1.807, 2.05) is 30.3 Å². The lowest BCUT2D eigenvalue weighted by molar-refractivity contribution is 0.141. The van der Waals surface area contributed by atoms with E-state index in [2.05, 4.69) is 60.5 Å². The van der Waals surface area contributed by atoms with Crippen molar-refractivity contribution in [3.8, 4) is 47.3 Å². The zero-order valence-electron chi connectivity index (χ0n) is 27.7. The van der Waals surface area contributed by atoms with Crippen molar-refractivity contribution in [1.29, 1.82) is 0 Å². The molecular weight excluding hydrogens is 769 g/mol. The maximum atomic E-state index is 13.2. The number of terminal acetylenes is 1. The van der Waals surface area contributed by atoms with Crippen molar-refractivity contribution in [3.05, 3.63) is 142 Å². The Balaban J connectivity index is 0.000000194. The maximum absolute atomic E-state index is 13.2. The molecule has 10 nitrogen and oxygen atoms in total. The molecule has 0 aliphatic rings. The Labute approximate surface area is 308 Å². The van der Waals surface area contributed by atoms with Gasteiger partial charge in [-0.3, -0.25) is 0 Å². The van der Waals surface area contributed by atoms with Crippen LogP contribution in [-0.4, -0.2) is 70.2 Å². The Morgan fingerprint density at radius 2 is 1.16 bits per heavy atom. The summed E-state index contributed by atoms with van der Waals surface area (Å²) in [5.41, 5.74) is 3.39. The number of ether oxygens (including phenoxy) is 4. The first-order valence-corrected chi connectivity index (χ1v) is 16.4. The van der Waals surface area contributed by atoms with Crippen LogP contribution in [0.15, 0.2) is 110 Å². The molecule has 0 N–H and O–H groups in total. The highest BCUT2D eigenvalue weighted by Gasteiger charge is 2.14. The fourth-order valence-electron chi connectivity index (χ4n) is 4.00. The summed E-state index contributed by atoms with van der Waals surface area (Å²) in [4.78, 5) is 8.03. The molecule has 0 radical (unpaired) electrons. The molecule has 0 aliphatic carbocycles. The predicted octanol–water partition coefficient (Wildman–Crippen LogP) is 6.54. The molecule has 4 aromatic heterocycles. The second-order valence-electron chi connectivity index (χ2n) is 9.94. The minimum Gasteiger partial charge on any atom is -0.474 e. The number of pyridine rings is 2. The van der Waals surface area contributed by atoms with Crippen LogP contribution in [0.3, 0.4) is 0 Å². The van der Waals surface area contributed by atoms with E-state index in [4.69, 9.17) is 25.4 Å². The van der Waals surface area contributed by atoms with E-state index < -0.39 is 0 Å². The Kier molecular flexibility index (Phi) is 15.6. The second kappa shape index (κ2) is 20.8. The lowest BCUT2D eigenvalue weighted by Gasteiger charge is -2.09. The fraction of sp³-hybridized carbons (Fsp3) is 0.158. The topological polar surface area (TPSA) is 98.3 Å². The summed E-state index contributed by atoms with van der Waals surface area (Å²) in [6, 6.07) is 23.1. The van der Waals surface area contributed by atoms with E-state index in [-0.39, 0.29) is 11.6 Å². The molecule has 0 bridgehead atoms. The molecule has 0 spiro atoms. The van der Waals surface area contributed by atoms with Gasteiger partial charge in [0.05, 0.1) is 40.6 Å². The van der Waals surface area contributed by atoms with Gasteiger partial charge in [0.25, 0.3) is 0 Å². The zero-order chi connectivity index (χ0) is 36.3. The molecule has 260 valence electrons. The first-order valence-electron chi connectivity index (χ1n) is 15.3. The molecule has 4 heterocycles. The number of nitrogens with zero attached hydrogens (tertiary/aromatic N) is 6. The first-order chi connectivity index (χ1) is 24.9. The van der Waals surface area contributed by atoms with Gasteiger partial charge >= 0.3 is 0 Å². The smallest absolute Gasteiger partial charge is 0.232 e. The van der Waals surface area contributed by atoms with Crippen molar-refractivity contribution in [1.82, 2.24) is 29.5 Å². The van der Waals surface area contributed by atoms with Gasteiger partial charge in [0, 0.05) is 26.6 Å². The molecule has 0 saturated carbocycles. The molecule has 0 unspecified atom stereocenters. The highest BCUT2D eigenvalue weighted by molar-refractivity contribution is 14.1. The Morgan fingerprint density at radius 3 is 1.65 bits per heavy atom. The van der Waals surface area contributed by atoms with Crippen LogP contribution in [0.4, 0.5) is 8.78 Å². The summed E-state index contributed by atoms with van der Waals surface area (Å²) in [5.74, 6) is 8.95. The standard InChI is InChI=1S/C19H16FN3O2.C12H12FIN2O2.C7H5N/c1-24-12-13-25-19-15(5-8-17-4-2-3-11-21-17)14-22-23(19)18-9-6-16(20)7-10-18;1-17-6-7-18-12-11(14)8-15-16(12)10-4-2-9(13)3-5-10;1-2-7-5-3-4-6-8-7/h2-4,6-7,9-11,14H,12-13H2,1H3;2-5,8H,6-7H2,1H3;1,3-6H. The third-order valence-corrected chi connectivity index (χ3v) is 7.15. The fourth-order valence-corrected chi connectivity index (χ4v) is 4.51. The maximum Gasteiger partial charge on any atom is 0.232 e. The van der Waals surface area contributed by atoms with Crippen LogP contribution in [0.5, 0.6) is 11.8 Å². The van der Waals surface area contributed by atoms with Gasteiger partial charge in [-0.25, -0.2) is 23.4 Å². The van der Waals surface area contributed by atoms with Gasteiger partial charge in [-0.15, -0.1) is 6.42 Å². The van der Waals surface area contributed by atoms with Gasteiger partial charge in [-0.2, -0.15) is 14.9 Å². The summed E-state index contributed by atoms with van der Waals surface area (Å²) < 4.78 is 51.5. The highest BCUT2D eigenvalue weighted by atomic mass is 127. The monoisotopic (exact) mass is 802 g/mol. The highest BCUT2D eigenvalue weighted by Crippen LogP contribution is 2.25. The average Bonchev–Trinajstić information content (AvgIpc) is 3.75. The number of aromatic nitrogens is 6. The van der Waals surface area contributed by atoms with Crippen molar-refractivity contribution < 1.29 is 27.7 Å².